The Kier molecular flexibility index (Phi) is 6.79. The monoisotopic (exact) mass is 463 g/mol. The number of ether oxygens (including phenoxy) is 2. The number of anilines is 1. The molecule has 170 valence electrons. The summed E-state index contributed by atoms with van der Waals surface area (Å²) < 4.78 is 34.4. The van der Waals surface area contributed by atoms with Crippen molar-refractivity contribution in [3.63, 3.8) is 0 Å². The first kappa shape index (κ1) is 22.6. The average Bonchev–Trinajstić information content (AvgIpc) is 2.81. The molecule has 6 nitrogen and oxygen atoms in total. The smallest absolute Gasteiger partial charge is 0.258 e. The Balaban J connectivity index is 1.61. The van der Waals surface area contributed by atoms with Gasteiger partial charge in [-0.05, 0) is 35.4 Å². The second-order valence-electron chi connectivity index (χ2n) is 7.82. The van der Waals surface area contributed by atoms with Crippen LogP contribution in [-0.2, 0) is 15.6 Å². The molecule has 0 N–H and O–H groups in total. The van der Waals surface area contributed by atoms with Gasteiger partial charge in [0, 0.05) is 30.1 Å². The van der Waals surface area contributed by atoms with Crippen LogP contribution in [0.25, 0.3) is 6.08 Å². The fourth-order valence-corrected chi connectivity index (χ4v) is 4.36. The summed E-state index contributed by atoms with van der Waals surface area (Å²) in [5.74, 6) is 0.998. The number of benzene rings is 3. The van der Waals surface area contributed by atoms with E-state index < -0.39 is 9.84 Å². The quantitative estimate of drug-likeness (QED) is 0.521. The van der Waals surface area contributed by atoms with Crippen LogP contribution in [0.4, 0.5) is 5.69 Å². The summed E-state index contributed by atoms with van der Waals surface area (Å²) in [6, 6.07) is 22.0. The number of sulfone groups is 1. The maximum atomic E-state index is 13.5. The second kappa shape index (κ2) is 9.92. The predicted octanol–water partition coefficient (Wildman–Crippen LogP) is 4.36. The second-order valence-corrected chi connectivity index (χ2v) is 9.96. The van der Waals surface area contributed by atoms with Crippen molar-refractivity contribution in [3.05, 3.63) is 95.6 Å². The minimum absolute atomic E-state index is 0.0623. The number of nitrogens with zero attached hydrogens (tertiary/aromatic N) is 1. The molecule has 3 aromatic carbocycles. The molecule has 0 aliphatic carbocycles. The van der Waals surface area contributed by atoms with Gasteiger partial charge in [-0.1, -0.05) is 54.6 Å². The van der Waals surface area contributed by atoms with E-state index in [0.29, 0.717) is 48.1 Å². The van der Waals surface area contributed by atoms with Crippen LogP contribution in [0.15, 0.2) is 78.9 Å². The van der Waals surface area contributed by atoms with Crippen molar-refractivity contribution in [1.29, 1.82) is 0 Å². The van der Waals surface area contributed by atoms with Gasteiger partial charge in [0.05, 0.1) is 5.75 Å². The Morgan fingerprint density at radius 2 is 1.64 bits per heavy atom. The van der Waals surface area contributed by atoms with Gasteiger partial charge in [0.2, 0.25) is 0 Å². The van der Waals surface area contributed by atoms with Gasteiger partial charge in [0.25, 0.3) is 5.91 Å². The fraction of sp³-hybridized carbons (Fsp3) is 0.192. The first-order valence-corrected chi connectivity index (χ1v) is 12.6. The summed E-state index contributed by atoms with van der Waals surface area (Å²) >= 11 is 0. The van der Waals surface area contributed by atoms with E-state index in [1.54, 1.807) is 41.3 Å². The van der Waals surface area contributed by atoms with E-state index in [9.17, 15) is 13.2 Å². The van der Waals surface area contributed by atoms with E-state index in [2.05, 4.69) is 0 Å². The van der Waals surface area contributed by atoms with Crippen LogP contribution in [0.3, 0.4) is 0 Å². The first-order valence-electron chi connectivity index (χ1n) is 10.6. The molecule has 0 unspecified atom stereocenters. The topological polar surface area (TPSA) is 72.9 Å². The van der Waals surface area contributed by atoms with E-state index in [-0.39, 0.29) is 11.7 Å². The molecule has 0 fully saturated rings. The minimum atomic E-state index is -3.15. The third-order valence-corrected chi connectivity index (χ3v) is 5.97. The summed E-state index contributed by atoms with van der Waals surface area (Å²) in [5.41, 5.74) is 2.83. The van der Waals surface area contributed by atoms with Crippen molar-refractivity contribution in [2.24, 2.45) is 0 Å². The third-order valence-electron chi connectivity index (χ3n) is 5.11. The fourth-order valence-electron chi connectivity index (χ4n) is 3.57. The van der Waals surface area contributed by atoms with Crippen molar-refractivity contribution in [3.8, 4) is 11.5 Å². The van der Waals surface area contributed by atoms with Crippen LogP contribution in [0.1, 0.15) is 21.5 Å². The predicted molar refractivity (Wildman–Crippen MR) is 130 cm³/mol. The van der Waals surface area contributed by atoms with Crippen molar-refractivity contribution >= 4 is 27.5 Å². The zero-order chi connectivity index (χ0) is 23.3. The summed E-state index contributed by atoms with van der Waals surface area (Å²) in [7, 11) is -3.15. The van der Waals surface area contributed by atoms with Gasteiger partial charge < -0.3 is 14.4 Å². The van der Waals surface area contributed by atoms with E-state index in [1.807, 2.05) is 48.6 Å². The lowest BCUT2D eigenvalue weighted by Gasteiger charge is -2.25. The highest BCUT2D eigenvalue weighted by Gasteiger charge is 2.20. The lowest BCUT2D eigenvalue weighted by Crippen LogP contribution is -2.31. The first-order chi connectivity index (χ1) is 15.9. The lowest BCUT2D eigenvalue weighted by molar-refractivity contribution is 0.0989. The molecule has 7 heteroatoms. The van der Waals surface area contributed by atoms with Gasteiger partial charge in [-0.2, -0.15) is 0 Å². The van der Waals surface area contributed by atoms with Crippen LogP contribution in [-0.4, -0.2) is 40.3 Å². The molecule has 0 bridgehead atoms. The normalized spacial score (nSPS) is 13.1. The molecule has 0 radical (unpaired) electrons. The van der Waals surface area contributed by atoms with Crippen molar-refractivity contribution in [2.45, 2.75) is 5.75 Å². The number of fused-ring (bicyclic) bond motifs is 1. The maximum absolute atomic E-state index is 13.5. The summed E-state index contributed by atoms with van der Waals surface area (Å²) in [6.45, 7) is 1.30. The highest BCUT2D eigenvalue weighted by Crippen LogP contribution is 2.34. The number of carbonyl (C=O) groups excluding carboxylic acids is 1. The van der Waals surface area contributed by atoms with E-state index in [0.717, 1.165) is 5.56 Å². The summed E-state index contributed by atoms with van der Waals surface area (Å²) in [5, 5.41) is 0. The van der Waals surface area contributed by atoms with Crippen molar-refractivity contribution in [2.75, 3.05) is 30.9 Å². The van der Waals surface area contributed by atoms with Gasteiger partial charge in [0.1, 0.15) is 13.2 Å². The highest BCUT2D eigenvalue weighted by atomic mass is 32.2. The average molecular weight is 464 g/mol. The van der Waals surface area contributed by atoms with Gasteiger partial charge >= 0.3 is 0 Å². The summed E-state index contributed by atoms with van der Waals surface area (Å²) in [6.07, 6.45) is 5.09. The van der Waals surface area contributed by atoms with E-state index in [1.165, 1.54) is 6.26 Å². The van der Waals surface area contributed by atoms with Crippen LogP contribution in [0.2, 0.25) is 0 Å². The van der Waals surface area contributed by atoms with Crippen LogP contribution in [0, 0.1) is 0 Å². The molecule has 0 saturated carbocycles. The number of hydrogen-bond acceptors (Lipinski definition) is 5. The Morgan fingerprint density at radius 1 is 0.939 bits per heavy atom. The molecular formula is C26H25NO5S. The zero-order valence-corrected chi connectivity index (χ0v) is 19.1. The number of amides is 1. The zero-order valence-electron chi connectivity index (χ0n) is 18.3. The molecule has 1 aliphatic heterocycles. The number of rotatable bonds is 7. The molecule has 0 saturated heterocycles. The van der Waals surface area contributed by atoms with Gasteiger partial charge in [0.15, 0.2) is 21.3 Å². The van der Waals surface area contributed by atoms with Crippen LogP contribution >= 0.6 is 0 Å². The standard InChI is InChI=1S/C26H25NO5S/c1-33(29,30)19-21-9-11-22(12-10-21)26(28)27(15-5-8-20-6-3-2-4-7-20)23-13-14-24-25(18-23)32-17-16-31-24/h2-14,18H,15-17,19H2,1H3. The highest BCUT2D eigenvalue weighted by molar-refractivity contribution is 7.89. The van der Waals surface area contributed by atoms with Gasteiger partial charge in [-0.15, -0.1) is 0 Å². The third kappa shape index (κ3) is 6.02. The maximum Gasteiger partial charge on any atom is 0.258 e. The SMILES string of the molecule is CS(=O)(=O)Cc1ccc(C(=O)N(CC=Cc2ccccc2)c2ccc3c(c2)OCCO3)cc1. The Bertz CT molecular complexity index is 1250. The minimum Gasteiger partial charge on any atom is -0.486 e. The molecule has 33 heavy (non-hydrogen) atoms. The van der Waals surface area contributed by atoms with Crippen LogP contribution < -0.4 is 14.4 Å². The molecular weight excluding hydrogens is 438 g/mol. The molecule has 1 heterocycles. The number of hydrogen-bond donors (Lipinski definition) is 0. The Labute approximate surface area is 194 Å². The molecule has 0 spiro atoms. The Morgan fingerprint density at radius 3 is 2.33 bits per heavy atom. The molecule has 3 aromatic rings. The molecule has 4 rings (SSSR count). The van der Waals surface area contributed by atoms with Crippen molar-refractivity contribution in [1.82, 2.24) is 0 Å². The number of carbonyl (C=O) groups is 1. The van der Waals surface area contributed by atoms with E-state index in [4.69, 9.17) is 9.47 Å². The largest absolute Gasteiger partial charge is 0.486 e. The summed E-state index contributed by atoms with van der Waals surface area (Å²) in [4.78, 5) is 15.1. The molecule has 1 aliphatic rings. The van der Waals surface area contributed by atoms with Gasteiger partial charge in [-0.25, -0.2) is 8.42 Å². The van der Waals surface area contributed by atoms with Gasteiger partial charge in [-0.3, -0.25) is 4.79 Å². The molecule has 0 aromatic heterocycles. The molecule has 0 atom stereocenters. The van der Waals surface area contributed by atoms with Crippen LogP contribution in [0.5, 0.6) is 11.5 Å². The molecule has 1 amide bonds. The lowest BCUT2D eigenvalue weighted by atomic mass is 10.1. The van der Waals surface area contributed by atoms with E-state index >= 15 is 0 Å². The Hall–Kier alpha value is -3.58. The van der Waals surface area contributed by atoms with Crippen molar-refractivity contribution < 1.29 is 22.7 Å².